The summed E-state index contributed by atoms with van der Waals surface area (Å²) < 4.78 is 70.2. The molecule has 0 aliphatic heterocycles. The van der Waals surface area contributed by atoms with E-state index in [9.17, 15) is 17.2 Å². The summed E-state index contributed by atoms with van der Waals surface area (Å²) in [5.41, 5.74) is 6.63. The van der Waals surface area contributed by atoms with E-state index < -0.39 is 37.9 Å². The first-order chi connectivity index (χ1) is 14.2. The third-order valence-electron chi connectivity index (χ3n) is 4.73. The number of aromatic nitrogens is 3. The second-order valence-electron chi connectivity index (χ2n) is 6.70. The number of fused-ring (bicyclic) bond motifs is 1. The van der Waals surface area contributed by atoms with Gasteiger partial charge in [-0.3, -0.25) is 0 Å². The minimum absolute atomic E-state index is 0.0730. The third kappa shape index (κ3) is 3.18. The lowest BCUT2D eigenvalue weighted by Crippen LogP contribution is -2.11. The van der Waals surface area contributed by atoms with Gasteiger partial charge in [-0.1, -0.05) is 24.3 Å². The molecule has 0 saturated carbocycles. The highest BCUT2D eigenvalue weighted by Crippen LogP contribution is 2.35. The van der Waals surface area contributed by atoms with Crippen molar-refractivity contribution in [1.82, 2.24) is 14.5 Å². The summed E-state index contributed by atoms with van der Waals surface area (Å²) in [5.74, 6) is -4.08. The molecule has 2 heterocycles. The minimum atomic E-state index is -4.49. The van der Waals surface area contributed by atoms with Gasteiger partial charge in [0.15, 0.2) is 9.84 Å². The van der Waals surface area contributed by atoms with Crippen molar-refractivity contribution in [3.8, 4) is 11.1 Å². The second kappa shape index (κ2) is 7.13. The van der Waals surface area contributed by atoms with Crippen LogP contribution in [0.5, 0.6) is 0 Å². The van der Waals surface area contributed by atoms with Crippen molar-refractivity contribution in [1.29, 1.82) is 0 Å². The standard InChI is InChI=1S/C20H15F3N4O2S/c1-27-8-13(16-19(24)25-10-26-20(16)27)12-5-2-4-11(17(12)23)9-30(28,29)18-14(21)6-3-7-15(18)22/h2-8,10H,9H2,1H3,(H2,24,25,26). The van der Waals surface area contributed by atoms with E-state index in [0.717, 1.165) is 18.2 Å². The van der Waals surface area contributed by atoms with E-state index in [-0.39, 0.29) is 16.9 Å². The van der Waals surface area contributed by atoms with Crippen molar-refractivity contribution < 1.29 is 21.6 Å². The Bertz CT molecular complexity index is 1380. The largest absolute Gasteiger partial charge is 0.383 e. The summed E-state index contributed by atoms with van der Waals surface area (Å²) in [7, 11) is -2.79. The van der Waals surface area contributed by atoms with Crippen LogP contribution < -0.4 is 5.73 Å². The normalized spacial score (nSPS) is 11.9. The van der Waals surface area contributed by atoms with Crippen molar-refractivity contribution in [2.45, 2.75) is 10.6 Å². The number of sulfone groups is 1. The highest BCUT2D eigenvalue weighted by molar-refractivity contribution is 7.90. The molecule has 30 heavy (non-hydrogen) atoms. The van der Waals surface area contributed by atoms with Crippen LogP contribution in [0.2, 0.25) is 0 Å². The zero-order valence-corrected chi connectivity index (χ0v) is 16.4. The van der Waals surface area contributed by atoms with Gasteiger partial charge >= 0.3 is 0 Å². The molecule has 2 aromatic heterocycles. The lowest BCUT2D eigenvalue weighted by molar-refractivity contribution is 0.518. The summed E-state index contributed by atoms with van der Waals surface area (Å²) in [6.07, 6.45) is 2.88. The molecule has 0 atom stereocenters. The van der Waals surface area contributed by atoms with Crippen LogP contribution in [0.15, 0.2) is 53.8 Å². The molecule has 0 bridgehead atoms. The predicted molar refractivity (Wildman–Crippen MR) is 106 cm³/mol. The van der Waals surface area contributed by atoms with E-state index in [4.69, 9.17) is 5.73 Å². The molecule has 2 N–H and O–H groups in total. The summed E-state index contributed by atoms with van der Waals surface area (Å²) in [6.45, 7) is 0. The van der Waals surface area contributed by atoms with Gasteiger partial charge in [0, 0.05) is 29.9 Å². The molecule has 6 nitrogen and oxygen atoms in total. The van der Waals surface area contributed by atoms with Crippen molar-refractivity contribution in [2.24, 2.45) is 7.05 Å². The number of hydrogen-bond donors (Lipinski definition) is 1. The second-order valence-corrected chi connectivity index (χ2v) is 8.63. The van der Waals surface area contributed by atoms with Gasteiger partial charge in [0.1, 0.15) is 40.1 Å². The summed E-state index contributed by atoms with van der Waals surface area (Å²) in [6, 6.07) is 6.89. The molecule has 0 fully saturated rings. The fraction of sp³-hybridized carbons (Fsp3) is 0.100. The molecule has 0 unspecified atom stereocenters. The number of benzene rings is 2. The highest BCUT2D eigenvalue weighted by atomic mass is 32.2. The maximum Gasteiger partial charge on any atom is 0.188 e. The fourth-order valence-electron chi connectivity index (χ4n) is 3.39. The summed E-state index contributed by atoms with van der Waals surface area (Å²) >= 11 is 0. The van der Waals surface area contributed by atoms with E-state index in [1.165, 1.54) is 24.5 Å². The van der Waals surface area contributed by atoms with E-state index in [1.807, 2.05) is 0 Å². The number of halogens is 3. The molecule has 0 amide bonds. The highest BCUT2D eigenvalue weighted by Gasteiger charge is 2.27. The van der Waals surface area contributed by atoms with E-state index in [1.54, 1.807) is 17.8 Å². The van der Waals surface area contributed by atoms with Crippen LogP contribution in [-0.2, 0) is 22.6 Å². The number of nitrogens with two attached hydrogens (primary N) is 1. The number of nitrogens with zero attached hydrogens (tertiary/aromatic N) is 3. The maximum atomic E-state index is 15.3. The molecule has 10 heteroatoms. The van der Waals surface area contributed by atoms with E-state index in [0.29, 0.717) is 16.6 Å². The van der Waals surface area contributed by atoms with Crippen molar-refractivity contribution in [3.05, 3.63) is 71.9 Å². The van der Waals surface area contributed by atoms with Gasteiger partial charge in [-0.05, 0) is 12.1 Å². The molecular weight excluding hydrogens is 417 g/mol. The first kappa shape index (κ1) is 19.9. The van der Waals surface area contributed by atoms with Gasteiger partial charge in [-0.25, -0.2) is 31.6 Å². The summed E-state index contributed by atoms with van der Waals surface area (Å²) in [5, 5.41) is 0.416. The summed E-state index contributed by atoms with van der Waals surface area (Å²) in [4.78, 5) is 6.97. The van der Waals surface area contributed by atoms with Crippen LogP contribution in [0.1, 0.15) is 5.56 Å². The average Bonchev–Trinajstić information content (AvgIpc) is 3.01. The Balaban J connectivity index is 1.84. The maximum absolute atomic E-state index is 15.3. The number of rotatable bonds is 4. The Morgan fingerprint density at radius 1 is 1.00 bits per heavy atom. The van der Waals surface area contributed by atoms with Crippen LogP contribution in [0.4, 0.5) is 19.0 Å². The predicted octanol–water partition coefficient (Wildman–Crippen LogP) is 3.61. The van der Waals surface area contributed by atoms with Crippen molar-refractivity contribution in [3.63, 3.8) is 0 Å². The van der Waals surface area contributed by atoms with Crippen LogP contribution >= 0.6 is 0 Å². The molecule has 0 saturated heterocycles. The monoisotopic (exact) mass is 432 g/mol. The van der Waals surface area contributed by atoms with Gasteiger partial charge < -0.3 is 10.3 Å². The number of hydrogen-bond acceptors (Lipinski definition) is 5. The first-order valence-corrected chi connectivity index (χ1v) is 10.4. The molecule has 0 radical (unpaired) electrons. The Morgan fingerprint density at radius 2 is 1.67 bits per heavy atom. The molecule has 0 spiro atoms. The number of aryl methyl sites for hydroxylation is 1. The average molecular weight is 432 g/mol. The van der Waals surface area contributed by atoms with Crippen molar-refractivity contribution in [2.75, 3.05) is 5.73 Å². The SMILES string of the molecule is Cn1cc(-c2cccc(CS(=O)(=O)c3c(F)cccc3F)c2F)c2c(N)ncnc21. The Hall–Kier alpha value is -3.40. The van der Waals surface area contributed by atoms with Crippen LogP contribution in [0, 0.1) is 17.5 Å². The van der Waals surface area contributed by atoms with Gasteiger partial charge in [-0.2, -0.15) is 0 Å². The Labute approximate surface area is 169 Å². The molecule has 0 aliphatic carbocycles. The van der Waals surface area contributed by atoms with Crippen LogP contribution in [0.3, 0.4) is 0 Å². The zero-order chi connectivity index (χ0) is 21.6. The number of anilines is 1. The van der Waals surface area contributed by atoms with Gasteiger partial charge in [0.05, 0.1) is 11.1 Å². The molecule has 4 aromatic rings. The molecule has 154 valence electrons. The third-order valence-corrected chi connectivity index (χ3v) is 6.43. The van der Waals surface area contributed by atoms with Gasteiger partial charge in [-0.15, -0.1) is 0 Å². The molecule has 4 rings (SSSR count). The van der Waals surface area contributed by atoms with Crippen LogP contribution in [-0.4, -0.2) is 23.0 Å². The Morgan fingerprint density at radius 3 is 2.37 bits per heavy atom. The smallest absolute Gasteiger partial charge is 0.188 e. The van der Waals surface area contributed by atoms with E-state index in [2.05, 4.69) is 9.97 Å². The number of nitrogen functional groups attached to an aromatic ring is 1. The molecule has 0 aliphatic rings. The van der Waals surface area contributed by atoms with E-state index >= 15 is 4.39 Å². The first-order valence-electron chi connectivity index (χ1n) is 8.70. The van der Waals surface area contributed by atoms with Gasteiger partial charge in [0.25, 0.3) is 0 Å². The lowest BCUT2D eigenvalue weighted by Gasteiger charge is -2.10. The quantitative estimate of drug-likeness (QED) is 0.532. The molecule has 2 aromatic carbocycles. The van der Waals surface area contributed by atoms with Gasteiger partial charge in [0.2, 0.25) is 0 Å². The van der Waals surface area contributed by atoms with Crippen LogP contribution in [0.25, 0.3) is 22.2 Å². The minimum Gasteiger partial charge on any atom is -0.383 e. The van der Waals surface area contributed by atoms with Crippen molar-refractivity contribution >= 4 is 26.7 Å². The zero-order valence-electron chi connectivity index (χ0n) is 15.6. The Kier molecular flexibility index (Phi) is 4.73. The fourth-order valence-corrected chi connectivity index (χ4v) is 4.90. The lowest BCUT2D eigenvalue weighted by atomic mass is 10.0. The molecular formula is C20H15F3N4O2S. The topological polar surface area (TPSA) is 90.9 Å².